The maximum absolute atomic E-state index is 14.0. The maximum atomic E-state index is 14.0. The van der Waals surface area contributed by atoms with E-state index < -0.39 is 11.6 Å². The third kappa shape index (κ3) is 5.44. The number of unbranched alkanes of at least 4 members (excludes halogenated alkanes) is 1. The minimum Gasteiger partial charge on any atom is -0.489 e. The lowest BCUT2D eigenvalue weighted by Gasteiger charge is -2.39. The fourth-order valence-electron chi connectivity index (χ4n) is 5.09. The lowest BCUT2D eigenvalue weighted by atomic mass is 9.76. The third-order valence-corrected chi connectivity index (χ3v) is 7.06. The number of aliphatic hydroxyl groups is 1. The fourth-order valence-corrected chi connectivity index (χ4v) is 5.09. The number of carbonyl (C=O) groups excluding carboxylic acids is 1. The molecule has 4 aromatic carbocycles. The summed E-state index contributed by atoms with van der Waals surface area (Å²) in [7, 11) is 1.78. The largest absolute Gasteiger partial charge is 0.489 e. The van der Waals surface area contributed by atoms with E-state index in [2.05, 4.69) is 53.6 Å². The number of hydrogen-bond acceptors (Lipinski definition) is 4. The molecule has 1 heterocycles. The lowest BCUT2D eigenvalue weighted by molar-refractivity contribution is -0.121. The number of ether oxygens (including phenoxy) is 1. The van der Waals surface area contributed by atoms with Gasteiger partial charge in [-0.25, -0.2) is 0 Å². The van der Waals surface area contributed by atoms with Crippen molar-refractivity contribution in [1.82, 2.24) is 5.32 Å². The third-order valence-electron chi connectivity index (χ3n) is 7.06. The molecule has 0 aliphatic carbocycles. The molecule has 4 aromatic rings. The Morgan fingerprint density at radius 2 is 1.46 bits per heavy atom. The van der Waals surface area contributed by atoms with Crippen LogP contribution in [0.5, 0.6) is 5.75 Å². The first-order chi connectivity index (χ1) is 19.1. The molecule has 5 heteroatoms. The predicted octanol–water partition coefficient (Wildman–Crippen LogP) is 5.12. The Bertz CT molecular complexity index is 1360. The Balaban J connectivity index is 1.55. The first-order valence-corrected chi connectivity index (χ1v) is 13.2. The summed E-state index contributed by atoms with van der Waals surface area (Å²) in [6.07, 6.45) is 1.25. The number of likely N-dealkylation sites (N-methyl/N-ethyl adjacent to an activating group) is 1. The lowest BCUT2D eigenvalue weighted by Crippen LogP contribution is -2.56. The summed E-state index contributed by atoms with van der Waals surface area (Å²) in [5, 5.41) is 12.8. The summed E-state index contributed by atoms with van der Waals surface area (Å²) in [6.45, 7) is 0.292. The van der Waals surface area contributed by atoms with Gasteiger partial charge in [-0.3, -0.25) is 10.1 Å². The normalized spacial score (nSPS) is 15.0. The fraction of sp³-hybridized carbons (Fsp3) is 0.206. The van der Waals surface area contributed by atoms with Crippen LogP contribution in [0.2, 0.25) is 0 Å². The van der Waals surface area contributed by atoms with Crippen LogP contribution in [-0.4, -0.2) is 37.3 Å². The molecule has 0 bridgehead atoms. The molecule has 0 aromatic heterocycles. The van der Waals surface area contributed by atoms with Gasteiger partial charge < -0.3 is 14.7 Å². The first-order valence-electron chi connectivity index (χ1n) is 13.2. The highest BCUT2D eigenvalue weighted by Gasteiger charge is 2.41. The molecule has 0 saturated carbocycles. The molecule has 39 heavy (non-hydrogen) atoms. The molecule has 2 N–H and O–H groups in total. The molecule has 0 fully saturated rings. The van der Waals surface area contributed by atoms with E-state index in [1.165, 1.54) is 0 Å². The molecule has 1 aliphatic heterocycles. The standard InChI is InChI=1S/C34H32N2O3/c1-36-31-24-26(14-6-5-13-23-37)21-22-32(31)39-25-30(33(36)38)35-34(27-15-7-2-8-16-27,28-17-9-3-10-18-28)29-19-11-4-12-20-29/h2-4,7-12,15-22,24,30,35,37H,5,13,23,25H2,1H3/t30-/m0/s1. The number of fused-ring (bicyclic) bond motifs is 1. The van der Waals surface area contributed by atoms with Gasteiger partial charge in [0.15, 0.2) is 0 Å². The van der Waals surface area contributed by atoms with Crippen molar-refractivity contribution in [3.8, 4) is 17.6 Å². The minimum atomic E-state index is -0.797. The summed E-state index contributed by atoms with van der Waals surface area (Å²) < 4.78 is 6.25. The van der Waals surface area contributed by atoms with Crippen molar-refractivity contribution in [2.45, 2.75) is 24.4 Å². The monoisotopic (exact) mass is 516 g/mol. The van der Waals surface area contributed by atoms with Crippen molar-refractivity contribution >= 4 is 11.6 Å². The zero-order chi connectivity index (χ0) is 27.1. The van der Waals surface area contributed by atoms with Crippen molar-refractivity contribution < 1.29 is 14.6 Å². The molecule has 1 aliphatic rings. The highest BCUT2D eigenvalue weighted by atomic mass is 16.5. The Morgan fingerprint density at radius 3 is 2.00 bits per heavy atom. The van der Waals surface area contributed by atoms with Crippen LogP contribution in [0.1, 0.15) is 35.1 Å². The molecule has 196 valence electrons. The molecule has 0 unspecified atom stereocenters. The summed E-state index contributed by atoms with van der Waals surface area (Å²) in [5.74, 6) is 6.76. The van der Waals surface area contributed by atoms with Gasteiger partial charge in [0.1, 0.15) is 18.4 Å². The minimum absolute atomic E-state index is 0.0914. The van der Waals surface area contributed by atoms with E-state index >= 15 is 0 Å². The second-order valence-corrected chi connectivity index (χ2v) is 9.56. The second-order valence-electron chi connectivity index (χ2n) is 9.56. The van der Waals surface area contributed by atoms with Crippen LogP contribution in [-0.2, 0) is 10.3 Å². The molecule has 1 atom stereocenters. The van der Waals surface area contributed by atoms with Crippen LogP contribution in [0.25, 0.3) is 0 Å². The molecule has 0 spiro atoms. The van der Waals surface area contributed by atoms with Gasteiger partial charge in [-0.05, 0) is 41.3 Å². The van der Waals surface area contributed by atoms with Gasteiger partial charge in [-0.1, -0.05) is 103 Å². The van der Waals surface area contributed by atoms with E-state index in [9.17, 15) is 4.79 Å². The Morgan fingerprint density at radius 1 is 0.897 bits per heavy atom. The zero-order valence-electron chi connectivity index (χ0n) is 22.0. The Labute approximate surface area is 230 Å². The van der Waals surface area contributed by atoms with Crippen molar-refractivity contribution in [3.63, 3.8) is 0 Å². The van der Waals surface area contributed by atoms with Crippen LogP contribution in [0.4, 0.5) is 5.69 Å². The second kappa shape index (κ2) is 12.0. The van der Waals surface area contributed by atoms with Crippen LogP contribution >= 0.6 is 0 Å². The number of nitrogens with one attached hydrogen (secondary N) is 1. The molecule has 5 nitrogen and oxygen atoms in total. The summed E-state index contributed by atoms with van der Waals surface area (Å²) in [5.41, 5.74) is 3.77. The molecule has 0 radical (unpaired) electrons. The SMILES string of the molecule is CN1C(=O)[C@@H](NC(c2ccccc2)(c2ccccc2)c2ccccc2)COc2ccc(C#CCCCO)cc21. The van der Waals surface area contributed by atoms with Gasteiger partial charge >= 0.3 is 0 Å². The van der Waals surface area contributed by atoms with E-state index in [-0.39, 0.29) is 19.1 Å². The molecular weight excluding hydrogens is 484 g/mol. The summed E-state index contributed by atoms with van der Waals surface area (Å²) in [6, 6.07) is 35.7. The molecule has 5 rings (SSSR count). The van der Waals surface area contributed by atoms with Crippen molar-refractivity contribution in [2.75, 3.05) is 25.2 Å². The van der Waals surface area contributed by atoms with E-state index in [1.807, 2.05) is 72.8 Å². The number of benzene rings is 4. The number of hydrogen-bond donors (Lipinski definition) is 2. The average Bonchev–Trinajstić information content (AvgIpc) is 3.11. The first kappa shape index (κ1) is 26.2. The number of aliphatic hydroxyl groups excluding tert-OH is 1. The quantitative estimate of drug-likeness (QED) is 0.203. The number of anilines is 1. The van der Waals surface area contributed by atoms with Gasteiger partial charge in [0, 0.05) is 25.6 Å². The highest BCUT2D eigenvalue weighted by Crippen LogP contribution is 2.38. The van der Waals surface area contributed by atoms with Crippen molar-refractivity contribution in [2.24, 2.45) is 0 Å². The summed E-state index contributed by atoms with van der Waals surface area (Å²) in [4.78, 5) is 15.7. The van der Waals surface area contributed by atoms with Gasteiger partial charge in [-0.15, -0.1) is 0 Å². The van der Waals surface area contributed by atoms with Crippen molar-refractivity contribution in [1.29, 1.82) is 0 Å². The average molecular weight is 517 g/mol. The Kier molecular flexibility index (Phi) is 8.07. The topological polar surface area (TPSA) is 61.8 Å². The van der Waals surface area contributed by atoms with E-state index in [0.717, 1.165) is 22.3 Å². The molecule has 1 amide bonds. The van der Waals surface area contributed by atoms with Gasteiger partial charge in [-0.2, -0.15) is 0 Å². The number of carbonyl (C=O) groups is 1. The number of amides is 1. The van der Waals surface area contributed by atoms with E-state index in [1.54, 1.807) is 11.9 Å². The number of rotatable bonds is 7. The van der Waals surface area contributed by atoms with E-state index in [0.29, 0.717) is 24.3 Å². The van der Waals surface area contributed by atoms with Crippen LogP contribution in [0.15, 0.2) is 109 Å². The zero-order valence-corrected chi connectivity index (χ0v) is 22.0. The maximum Gasteiger partial charge on any atom is 0.247 e. The van der Waals surface area contributed by atoms with E-state index in [4.69, 9.17) is 9.84 Å². The number of nitrogens with zero attached hydrogens (tertiary/aromatic N) is 1. The predicted molar refractivity (Wildman–Crippen MR) is 155 cm³/mol. The van der Waals surface area contributed by atoms with Gasteiger partial charge in [0.05, 0.1) is 11.2 Å². The van der Waals surface area contributed by atoms with Crippen LogP contribution < -0.4 is 15.0 Å². The smallest absolute Gasteiger partial charge is 0.247 e. The van der Waals surface area contributed by atoms with Crippen LogP contribution in [0, 0.1) is 11.8 Å². The highest BCUT2D eigenvalue weighted by molar-refractivity contribution is 5.99. The molecular formula is C34H32N2O3. The molecule has 0 saturated heterocycles. The Hall–Kier alpha value is -4.37. The van der Waals surface area contributed by atoms with Crippen molar-refractivity contribution in [3.05, 3.63) is 131 Å². The summed E-state index contributed by atoms with van der Waals surface area (Å²) >= 11 is 0. The van der Waals surface area contributed by atoms with Crippen LogP contribution in [0.3, 0.4) is 0 Å². The van der Waals surface area contributed by atoms with Gasteiger partial charge in [0.2, 0.25) is 5.91 Å². The van der Waals surface area contributed by atoms with Gasteiger partial charge in [0.25, 0.3) is 0 Å².